The highest BCUT2D eigenvalue weighted by Gasteiger charge is 2.31. The lowest BCUT2D eigenvalue weighted by Gasteiger charge is -2.30. The molecular formula is C27H32ClN5O3. The number of pyridine rings is 1. The van der Waals surface area contributed by atoms with E-state index in [1.54, 1.807) is 12.4 Å². The number of aromatic amines is 1. The molecule has 1 aromatic carbocycles. The van der Waals surface area contributed by atoms with Crippen LogP contribution in [0.5, 0.6) is 5.75 Å². The number of hydrogen-bond acceptors (Lipinski definition) is 6. The van der Waals surface area contributed by atoms with E-state index in [2.05, 4.69) is 39.5 Å². The number of aromatic nitrogens is 2. The minimum Gasteiger partial charge on any atom is -0.488 e. The average molecular weight is 510 g/mol. The molecule has 2 atom stereocenters. The van der Waals surface area contributed by atoms with Crippen molar-refractivity contribution >= 4 is 28.9 Å². The highest BCUT2D eigenvalue weighted by atomic mass is 35.5. The number of amides is 1. The Balaban J connectivity index is 1.55. The molecule has 0 bridgehead atoms. The number of nitrogens with one attached hydrogen (secondary N) is 3. The summed E-state index contributed by atoms with van der Waals surface area (Å²) in [5, 5.41) is 7.29. The first-order chi connectivity index (χ1) is 17.4. The van der Waals surface area contributed by atoms with Crippen LogP contribution in [0.25, 0.3) is 11.3 Å². The Morgan fingerprint density at radius 1 is 1.33 bits per heavy atom. The monoisotopic (exact) mass is 509 g/mol. The number of rotatable bonds is 7. The SMILES string of the molecule is CCc1c(Cl)cccc1Nc1c(-c2ccncc2OCC2CN(C)CCO2)[nH]c2c1C(=O)N[C@H](C)C2. The molecule has 36 heavy (non-hydrogen) atoms. The summed E-state index contributed by atoms with van der Waals surface area (Å²) in [5.74, 6) is 0.523. The van der Waals surface area contributed by atoms with Crippen molar-refractivity contribution < 1.29 is 14.3 Å². The summed E-state index contributed by atoms with van der Waals surface area (Å²) in [5.41, 5.74) is 5.69. The first-order valence-electron chi connectivity index (χ1n) is 12.4. The molecule has 0 saturated carbocycles. The third-order valence-corrected chi connectivity index (χ3v) is 7.10. The highest BCUT2D eigenvalue weighted by Crippen LogP contribution is 2.41. The Labute approximate surface area is 216 Å². The first-order valence-corrected chi connectivity index (χ1v) is 12.8. The summed E-state index contributed by atoms with van der Waals surface area (Å²) in [6.07, 6.45) is 4.89. The van der Waals surface area contributed by atoms with Gasteiger partial charge in [0.25, 0.3) is 5.91 Å². The fourth-order valence-corrected chi connectivity index (χ4v) is 5.27. The van der Waals surface area contributed by atoms with Crippen LogP contribution >= 0.6 is 11.6 Å². The molecule has 2 aliphatic rings. The van der Waals surface area contributed by atoms with E-state index in [0.717, 1.165) is 47.7 Å². The van der Waals surface area contributed by atoms with Gasteiger partial charge in [0.1, 0.15) is 18.5 Å². The number of anilines is 2. The van der Waals surface area contributed by atoms with Gasteiger partial charge in [0.05, 0.1) is 29.7 Å². The second-order valence-electron chi connectivity index (χ2n) is 9.49. The van der Waals surface area contributed by atoms with Crippen LogP contribution in [0.4, 0.5) is 11.4 Å². The van der Waals surface area contributed by atoms with E-state index in [-0.39, 0.29) is 18.1 Å². The number of hydrogen-bond donors (Lipinski definition) is 3. The molecule has 3 aromatic rings. The van der Waals surface area contributed by atoms with E-state index in [4.69, 9.17) is 21.1 Å². The van der Waals surface area contributed by atoms with Crippen molar-refractivity contribution in [3.63, 3.8) is 0 Å². The van der Waals surface area contributed by atoms with Gasteiger partial charge in [0, 0.05) is 53.7 Å². The van der Waals surface area contributed by atoms with Crippen LogP contribution < -0.4 is 15.4 Å². The zero-order valence-electron chi connectivity index (χ0n) is 20.9. The predicted molar refractivity (Wildman–Crippen MR) is 142 cm³/mol. The number of nitrogens with zero attached hydrogens (tertiary/aromatic N) is 2. The van der Waals surface area contributed by atoms with Crippen molar-refractivity contribution in [2.24, 2.45) is 0 Å². The second kappa shape index (κ2) is 10.5. The Morgan fingerprint density at radius 2 is 2.19 bits per heavy atom. The summed E-state index contributed by atoms with van der Waals surface area (Å²) in [6.45, 7) is 6.90. The van der Waals surface area contributed by atoms with E-state index in [1.807, 2.05) is 31.2 Å². The third kappa shape index (κ3) is 4.93. The maximum Gasteiger partial charge on any atom is 0.255 e. The van der Waals surface area contributed by atoms with E-state index in [1.165, 1.54) is 0 Å². The van der Waals surface area contributed by atoms with Crippen molar-refractivity contribution in [3.8, 4) is 17.0 Å². The van der Waals surface area contributed by atoms with Crippen LogP contribution in [0, 0.1) is 0 Å². The lowest BCUT2D eigenvalue weighted by molar-refractivity contribution is -0.0403. The van der Waals surface area contributed by atoms with Crippen LogP contribution in [-0.4, -0.2) is 66.3 Å². The number of H-pyrrole nitrogens is 1. The summed E-state index contributed by atoms with van der Waals surface area (Å²) in [4.78, 5) is 23.2. The number of benzene rings is 1. The Morgan fingerprint density at radius 3 is 3.00 bits per heavy atom. The third-order valence-electron chi connectivity index (χ3n) is 6.75. The zero-order valence-corrected chi connectivity index (χ0v) is 21.6. The van der Waals surface area contributed by atoms with E-state index in [0.29, 0.717) is 41.7 Å². The predicted octanol–water partition coefficient (Wildman–Crippen LogP) is 4.42. The molecule has 1 fully saturated rings. The standard InChI is InChI=1S/C27H32ClN5O3/c1-4-18-20(28)6-5-7-21(18)31-26-24-22(12-16(2)30-27(24)34)32-25(26)19-8-9-29-13-23(19)36-15-17-14-33(3)10-11-35-17/h5-9,13,16-17,31-32H,4,10-12,14-15H2,1-3H3,(H,30,34)/t16-,17?/m1/s1. The first kappa shape index (κ1) is 24.6. The number of likely N-dealkylation sites (N-methyl/N-ethyl adjacent to an activating group) is 1. The molecule has 1 amide bonds. The topological polar surface area (TPSA) is 91.5 Å². The molecule has 9 heteroatoms. The molecule has 1 unspecified atom stereocenters. The smallest absolute Gasteiger partial charge is 0.255 e. The van der Waals surface area contributed by atoms with Gasteiger partial charge in [-0.25, -0.2) is 0 Å². The van der Waals surface area contributed by atoms with Gasteiger partial charge in [-0.2, -0.15) is 0 Å². The molecule has 190 valence electrons. The van der Waals surface area contributed by atoms with Crippen molar-refractivity contribution in [2.45, 2.75) is 38.8 Å². The summed E-state index contributed by atoms with van der Waals surface area (Å²) >= 11 is 6.50. The summed E-state index contributed by atoms with van der Waals surface area (Å²) in [6, 6.07) is 7.72. The zero-order chi connectivity index (χ0) is 25.2. The molecule has 3 N–H and O–H groups in total. The molecular weight excluding hydrogens is 478 g/mol. The lowest BCUT2D eigenvalue weighted by Crippen LogP contribution is -2.42. The average Bonchev–Trinajstić information content (AvgIpc) is 3.21. The van der Waals surface area contributed by atoms with E-state index in [9.17, 15) is 4.79 Å². The number of carbonyl (C=O) groups is 1. The normalized spacial score (nSPS) is 20.1. The minimum absolute atomic E-state index is 0.0172. The van der Waals surface area contributed by atoms with Gasteiger partial charge in [-0.3, -0.25) is 9.78 Å². The molecule has 0 aliphatic carbocycles. The number of morpholine rings is 1. The fraction of sp³-hybridized carbons (Fsp3) is 0.407. The van der Waals surface area contributed by atoms with Gasteiger partial charge in [-0.05, 0) is 44.2 Å². The Kier molecular flexibility index (Phi) is 7.18. The molecule has 5 rings (SSSR count). The van der Waals surface area contributed by atoms with Crippen molar-refractivity contribution in [1.82, 2.24) is 20.2 Å². The minimum atomic E-state index is -0.107. The Bertz CT molecular complexity index is 1260. The number of carbonyl (C=O) groups excluding carboxylic acids is 1. The van der Waals surface area contributed by atoms with Gasteiger partial charge in [-0.15, -0.1) is 0 Å². The van der Waals surface area contributed by atoms with Gasteiger partial charge in [0.15, 0.2) is 0 Å². The summed E-state index contributed by atoms with van der Waals surface area (Å²) < 4.78 is 12.1. The van der Waals surface area contributed by atoms with Crippen LogP contribution in [0.1, 0.15) is 35.5 Å². The molecule has 1 saturated heterocycles. The maximum absolute atomic E-state index is 13.2. The van der Waals surface area contributed by atoms with Crippen molar-refractivity contribution in [1.29, 1.82) is 0 Å². The quantitative estimate of drug-likeness (QED) is 0.437. The Hall–Kier alpha value is -3.07. The lowest BCUT2D eigenvalue weighted by atomic mass is 10.0. The van der Waals surface area contributed by atoms with Crippen molar-refractivity contribution in [3.05, 3.63) is 58.5 Å². The molecule has 2 aromatic heterocycles. The van der Waals surface area contributed by atoms with Crippen LogP contribution in [0.15, 0.2) is 36.7 Å². The van der Waals surface area contributed by atoms with Gasteiger partial charge < -0.3 is 30.0 Å². The number of fused-ring (bicyclic) bond motifs is 1. The second-order valence-corrected chi connectivity index (χ2v) is 9.90. The maximum atomic E-state index is 13.2. The van der Waals surface area contributed by atoms with Crippen LogP contribution in [-0.2, 0) is 17.6 Å². The molecule has 8 nitrogen and oxygen atoms in total. The van der Waals surface area contributed by atoms with E-state index >= 15 is 0 Å². The molecule has 4 heterocycles. The largest absolute Gasteiger partial charge is 0.488 e. The molecule has 0 radical (unpaired) electrons. The van der Waals surface area contributed by atoms with Gasteiger partial charge >= 0.3 is 0 Å². The van der Waals surface area contributed by atoms with E-state index < -0.39 is 0 Å². The molecule has 0 spiro atoms. The van der Waals surface area contributed by atoms with Gasteiger partial charge in [0.2, 0.25) is 0 Å². The number of halogens is 1. The molecule has 2 aliphatic heterocycles. The fourth-order valence-electron chi connectivity index (χ4n) is 4.96. The van der Waals surface area contributed by atoms with Crippen LogP contribution in [0.2, 0.25) is 5.02 Å². The van der Waals surface area contributed by atoms with Crippen molar-refractivity contribution in [2.75, 3.05) is 38.7 Å². The summed E-state index contributed by atoms with van der Waals surface area (Å²) in [7, 11) is 2.08. The van der Waals surface area contributed by atoms with Crippen LogP contribution in [0.3, 0.4) is 0 Å². The highest BCUT2D eigenvalue weighted by molar-refractivity contribution is 6.31. The number of ether oxygens (including phenoxy) is 2. The van der Waals surface area contributed by atoms with Gasteiger partial charge in [-0.1, -0.05) is 24.6 Å².